The molecule has 1 aliphatic heterocycles. The minimum atomic E-state index is -0.550. The van der Waals surface area contributed by atoms with Gasteiger partial charge in [0.25, 0.3) is 0 Å². The number of esters is 1. The molecule has 0 aliphatic carbocycles. The smallest absolute Gasteiger partial charge is 0.306 e. The molecular weight excluding hydrogens is 428 g/mol. The van der Waals surface area contributed by atoms with Gasteiger partial charge < -0.3 is 15.4 Å². The summed E-state index contributed by atoms with van der Waals surface area (Å²) in [6.07, 6.45) is 2.81. The van der Waals surface area contributed by atoms with Crippen LogP contribution in [0.2, 0.25) is 5.02 Å². The Labute approximate surface area is 193 Å². The third kappa shape index (κ3) is 7.68. The number of carbonyl (C=O) groups is 3. The molecule has 0 aromatic heterocycles. The first-order valence-electron chi connectivity index (χ1n) is 11.0. The van der Waals surface area contributed by atoms with Crippen LogP contribution in [-0.2, 0) is 25.7 Å². The topological polar surface area (TPSA) is 84.5 Å². The van der Waals surface area contributed by atoms with Crippen molar-refractivity contribution in [1.29, 1.82) is 0 Å². The molecule has 32 heavy (non-hydrogen) atoms. The fourth-order valence-electron chi connectivity index (χ4n) is 3.71. The molecule has 0 spiro atoms. The van der Waals surface area contributed by atoms with Crippen LogP contribution in [0.5, 0.6) is 0 Å². The van der Waals surface area contributed by atoms with E-state index in [0.717, 1.165) is 24.0 Å². The summed E-state index contributed by atoms with van der Waals surface area (Å²) in [5, 5.41) is 6.42. The predicted molar refractivity (Wildman–Crippen MR) is 123 cm³/mol. The molecule has 170 valence electrons. The maximum atomic E-state index is 12.9. The lowest BCUT2D eigenvalue weighted by Gasteiger charge is -2.22. The summed E-state index contributed by atoms with van der Waals surface area (Å²) in [5.41, 5.74) is 1.77. The van der Waals surface area contributed by atoms with Crippen LogP contribution in [0.3, 0.4) is 0 Å². The molecule has 0 radical (unpaired) electrons. The second-order valence-electron chi connectivity index (χ2n) is 8.04. The third-order valence-corrected chi connectivity index (χ3v) is 5.80. The Morgan fingerprint density at radius 1 is 1.03 bits per heavy atom. The number of ether oxygens (including phenoxy) is 1. The second kappa shape index (κ2) is 12.2. The van der Waals surface area contributed by atoms with Crippen LogP contribution in [0.1, 0.15) is 55.8 Å². The Kier molecular flexibility index (Phi) is 9.11. The maximum Gasteiger partial charge on any atom is 0.306 e. The number of benzene rings is 2. The fraction of sp³-hybridized carbons (Fsp3) is 0.400. The highest BCUT2D eigenvalue weighted by molar-refractivity contribution is 6.30. The molecule has 1 saturated heterocycles. The van der Waals surface area contributed by atoms with E-state index in [4.69, 9.17) is 16.3 Å². The van der Waals surface area contributed by atoms with E-state index in [1.807, 2.05) is 42.5 Å². The van der Waals surface area contributed by atoms with Crippen LogP contribution >= 0.6 is 11.6 Å². The number of cyclic esters (lactones) is 1. The van der Waals surface area contributed by atoms with Gasteiger partial charge in [-0.15, -0.1) is 0 Å². The molecule has 1 heterocycles. The van der Waals surface area contributed by atoms with Gasteiger partial charge in [-0.1, -0.05) is 66.9 Å². The zero-order valence-electron chi connectivity index (χ0n) is 18.0. The van der Waals surface area contributed by atoms with Crippen molar-refractivity contribution in [3.63, 3.8) is 0 Å². The summed E-state index contributed by atoms with van der Waals surface area (Å²) >= 11 is 5.89. The van der Waals surface area contributed by atoms with Crippen molar-refractivity contribution in [2.75, 3.05) is 6.54 Å². The van der Waals surface area contributed by atoms with E-state index in [1.165, 1.54) is 0 Å². The predicted octanol–water partition coefficient (Wildman–Crippen LogP) is 4.33. The van der Waals surface area contributed by atoms with E-state index in [9.17, 15) is 14.4 Å². The zero-order chi connectivity index (χ0) is 22.8. The van der Waals surface area contributed by atoms with Crippen LogP contribution in [0.25, 0.3) is 0 Å². The number of hydrogen-bond donors (Lipinski definition) is 2. The lowest BCUT2D eigenvalue weighted by atomic mass is 9.95. The molecule has 2 amide bonds. The minimum Gasteiger partial charge on any atom is -0.456 e. The Morgan fingerprint density at radius 3 is 2.53 bits per heavy atom. The van der Waals surface area contributed by atoms with Gasteiger partial charge in [-0.2, -0.15) is 0 Å². The summed E-state index contributed by atoms with van der Waals surface area (Å²) in [6.45, 7) is 0.563. The zero-order valence-corrected chi connectivity index (χ0v) is 18.8. The van der Waals surface area contributed by atoms with Crippen molar-refractivity contribution in [3.05, 3.63) is 70.7 Å². The Morgan fingerprint density at radius 2 is 1.78 bits per heavy atom. The van der Waals surface area contributed by atoms with Gasteiger partial charge in [0.05, 0.1) is 6.54 Å². The first-order chi connectivity index (χ1) is 15.5. The number of amides is 2. The first kappa shape index (κ1) is 23.8. The van der Waals surface area contributed by atoms with Gasteiger partial charge in [-0.3, -0.25) is 14.4 Å². The molecule has 2 aromatic carbocycles. The SMILES string of the molecule is O=C(C[C@@H]1CCCCCC(=O)O[C@H](c2ccccc2)CNC1=O)NCc1ccc(Cl)cc1. The molecule has 0 saturated carbocycles. The van der Waals surface area contributed by atoms with Crippen LogP contribution in [0.15, 0.2) is 54.6 Å². The number of nitrogens with one attached hydrogen (secondary N) is 2. The van der Waals surface area contributed by atoms with Crippen LogP contribution in [0.4, 0.5) is 0 Å². The molecule has 3 rings (SSSR count). The van der Waals surface area contributed by atoms with E-state index in [0.29, 0.717) is 30.8 Å². The number of hydrogen-bond acceptors (Lipinski definition) is 4. The molecule has 0 bridgehead atoms. The lowest BCUT2D eigenvalue weighted by molar-refractivity contribution is -0.150. The first-order valence-corrected chi connectivity index (χ1v) is 11.4. The van der Waals surface area contributed by atoms with Gasteiger partial charge in [0.15, 0.2) is 0 Å². The number of carbonyl (C=O) groups excluding carboxylic acids is 3. The highest BCUT2D eigenvalue weighted by atomic mass is 35.5. The second-order valence-corrected chi connectivity index (χ2v) is 8.47. The summed E-state index contributed by atoms with van der Waals surface area (Å²) in [4.78, 5) is 37.6. The summed E-state index contributed by atoms with van der Waals surface area (Å²) < 4.78 is 5.63. The third-order valence-electron chi connectivity index (χ3n) is 5.55. The summed E-state index contributed by atoms with van der Waals surface area (Å²) in [6, 6.07) is 16.6. The minimum absolute atomic E-state index is 0.120. The standard InChI is InChI=1S/C25H29ClN2O4/c26-21-13-11-18(12-14-21)16-27-23(29)15-20-9-5-2-6-10-24(30)32-22(17-28-25(20)31)19-7-3-1-4-8-19/h1,3-4,7-8,11-14,20,22H,2,5-6,9-10,15-17H2,(H,27,29)(H,28,31)/t20-,22-/m0/s1. The van der Waals surface area contributed by atoms with Crippen molar-refractivity contribution in [1.82, 2.24) is 10.6 Å². The Balaban J connectivity index is 1.60. The van der Waals surface area contributed by atoms with E-state index >= 15 is 0 Å². The van der Waals surface area contributed by atoms with Crippen molar-refractivity contribution in [2.24, 2.45) is 5.92 Å². The lowest BCUT2D eigenvalue weighted by Crippen LogP contribution is -2.37. The van der Waals surface area contributed by atoms with Crippen molar-refractivity contribution in [3.8, 4) is 0 Å². The van der Waals surface area contributed by atoms with Crippen molar-refractivity contribution in [2.45, 2.75) is 51.2 Å². The molecule has 6 nitrogen and oxygen atoms in total. The Bertz CT molecular complexity index is 902. The molecule has 2 aromatic rings. The molecule has 2 atom stereocenters. The van der Waals surface area contributed by atoms with Crippen molar-refractivity contribution < 1.29 is 19.1 Å². The highest BCUT2D eigenvalue weighted by Gasteiger charge is 2.25. The van der Waals surface area contributed by atoms with Crippen LogP contribution in [-0.4, -0.2) is 24.3 Å². The number of halogens is 1. The molecule has 7 heteroatoms. The van der Waals surface area contributed by atoms with E-state index < -0.39 is 12.0 Å². The van der Waals surface area contributed by atoms with Gasteiger partial charge in [-0.25, -0.2) is 0 Å². The molecular formula is C25H29ClN2O4. The van der Waals surface area contributed by atoms with E-state index in [2.05, 4.69) is 10.6 Å². The average Bonchev–Trinajstić information content (AvgIpc) is 2.80. The van der Waals surface area contributed by atoms with Crippen molar-refractivity contribution >= 4 is 29.4 Å². The van der Waals surface area contributed by atoms with Gasteiger partial charge >= 0.3 is 5.97 Å². The quantitative estimate of drug-likeness (QED) is 0.656. The molecule has 2 N–H and O–H groups in total. The maximum absolute atomic E-state index is 12.9. The molecule has 1 fully saturated rings. The fourth-order valence-corrected chi connectivity index (χ4v) is 3.84. The monoisotopic (exact) mass is 456 g/mol. The van der Waals surface area contributed by atoms with E-state index in [1.54, 1.807) is 12.1 Å². The number of rotatable bonds is 5. The van der Waals surface area contributed by atoms with Crippen LogP contribution in [0, 0.1) is 5.92 Å². The highest BCUT2D eigenvalue weighted by Crippen LogP contribution is 2.21. The van der Waals surface area contributed by atoms with Gasteiger partial charge in [-0.05, 0) is 36.1 Å². The van der Waals surface area contributed by atoms with E-state index in [-0.39, 0.29) is 30.7 Å². The average molecular weight is 457 g/mol. The van der Waals surface area contributed by atoms with Gasteiger partial charge in [0.2, 0.25) is 11.8 Å². The summed E-state index contributed by atoms with van der Waals surface area (Å²) in [7, 11) is 0. The van der Waals surface area contributed by atoms with Crippen LogP contribution < -0.4 is 10.6 Å². The van der Waals surface area contributed by atoms with Gasteiger partial charge in [0.1, 0.15) is 6.10 Å². The Hall–Kier alpha value is -2.86. The molecule has 1 aliphatic rings. The van der Waals surface area contributed by atoms with Gasteiger partial charge in [0, 0.05) is 30.3 Å². The molecule has 0 unspecified atom stereocenters. The summed E-state index contributed by atoms with van der Waals surface area (Å²) in [5.74, 6) is -1.04. The largest absolute Gasteiger partial charge is 0.456 e. The normalized spacial score (nSPS) is 20.3.